The predicted molar refractivity (Wildman–Crippen MR) is 170 cm³/mol. The second kappa shape index (κ2) is 11.0. The molecule has 0 saturated carbocycles. The summed E-state index contributed by atoms with van der Waals surface area (Å²) in [6.07, 6.45) is 0. The summed E-state index contributed by atoms with van der Waals surface area (Å²) in [6, 6.07) is 24.2. The lowest BCUT2D eigenvalue weighted by molar-refractivity contribution is -0.122. The van der Waals surface area contributed by atoms with E-state index in [1.54, 1.807) is 36.4 Å². The van der Waals surface area contributed by atoms with E-state index in [1.807, 2.05) is 42.5 Å². The fourth-order valence-corrected chi connectivity index (χ4v) is 8.55. The first-order valence-electron chi connectivity index (χ1n) is 13.5. The SMILES string of the molecule is CC(C)(C)c1ccc([C@@H]2c3sc(=O)n(CC(=O)Nc4ccccc4)c3S[C@H]3C(=O)N(c4ccc(Br)cc4)C(=O)[C@@H]23)cc1. The minimum Gasteiger partial charge on any atom is -0.325 e. The number of hydrogen-bond acceptors (Lipinski definition) is 6. The maximum atomic E-state index is 14.1. The minimum absolute atomic E-state index is 0.0631. The van der Waals surface area contributed by atoms with Crippen LogP contribution in [-0.4, -0.2) is 27.5 Å². The van der Waals surface area contributed by atoms with Gasteiger partial charge in [-0.05, 0) is 52.9 Å². The van der Waals surface area contributed by atoms with E-state index in [0.29, 0.717) is 21.3 Å². The highest BCUT2D eigenvalue weighted by Crippen LogP contribution is 2.54. The van der Waals surface area contributed by atoms with Crippen molar-refractivity contribution in [1.82, 2.24) is 4.57 Å². The number of hydrogen-bond donors (Lipinski definition) is 1. The van der Waals surface area contributed by atoms with Crippen LogP contribution in [0.25, 0.3) is 0 Å². The molecule has 3 aromatic carbocycles. The summed E-state index contributed by atoms with van der Waals surface area (Å²) in [5.74, 6) is -2.15. The number of aromatic nitrogens is 1. The topological polar surface area (TPSA) is 88.5 Å². The van der Waals surface area contributed by atoms with E-state index in [-0.39, 0.29) is 34.6 Å². The van der Waals surface area contributed by atoms with Crippen molar-refractivity contribution in [3.8, 4) is 0 Å². The summed E-state index contributed by atoms with van der Waals surface area (Å²) in [5, 5.41) is 2.67. The predicted octanol–water partition coefficient (Wildman–Crippen LogP) is 6.40. The Bertz CT molecular complexity index is 1740. The zero-order chi connectivity index (χ0) is 29.8. The Morgan fingerprint density at radius 2 is 1.57 bits per heavy atom. The number of amides is 3. The Labute approximate surface area is 260 Å². The van der Waals surface area contributed by atoms with Gasteiger partial charge in [0.25, 0.3) is 0 Å². The molecule has 1 N–H and O–H groups in total. The van der Waals surface area contributed by atoms with Crippen LogP contribution in [0.3, 0.4) is 0 Å². The van der Waals surface area contributed by atoms with Crippen LogP contribution >= 0.6 is 39.0 Å². The van der Waals surface area contributed by atoms with Crippen molar-refractivity contribution in [3.63, 3.8) is 0 Å². The summed E-state index contributed by atoms with van der Waals surface area (Å²) in [5.41, 5.74) is 3.08. The maximum absolute atomic E-state index is 14.1. The van der Waals surface area contributed by atoms with Gasteiger partial charge in [-0.3, -0.25) is 23.7 Å². The number of nitrogens with one attached hydrogen (secondary N) is 1. The van der Waals surface area contributed by atoms with E-state index < -0.39 is 17.1 Å². The molecule has 3 atom stereocenters. The first-order valence-corrected chi connectivity index (χ1v) is 16.0. The summed E-state index contributed by atoms with van der Waals surface area (Å²) < 4.78 is 2.28. The number of anilines is 2. The summed E-state index contributed by atoms with van der Waals surface area (Å²) in [7, 11) is 0. The van der Waals surface area contributed by atoms with Crippen LogP contribution in [0.4, 0.5) is 11.4 Å². The summed E-state index contributed by atoms with van der Waals surface area (Å²) >= 11 is 5.68. The molecular weight excluding hydrogens is 634 g/mol. The van der Waals surface area contributed by atoms with Crippen LogP contribution in [0, 0.1) is 5.92 Å². The molecule has 214 valence electrons. The van der Waals surface area contributed by atoms with Gasteiger partial charge in [0.1, 0.15) is 11.8 Å². The van der Waals surface area contributed by atoms with Gasteiger partial charge in [-0.25, -0.2) is 4.90 Å². The number of imide groups is 1. The van der Waals surface area contributed by atoms with E-state index in [4.69, 9.17) is 0 Å². The number of thiazole rings is 1. The first kappa shape index (κ1) is 28.6. The molecule has 2 aliphatic heterocycles. The number of para-hydroxylation sites is 1. The number of carbonyl (C=O) groups excluding carboxylic acids is 3. The average Bonchev–Trinajstić information content (AvgIpc) is 3.40. The molecule has 3 heterocycles. The van der Waals surface area contributed by atoms with Crippen molar-refractivity contribution < 1.29 is 14.4 Å². The van der Waals surface area contributed by atoms with Gasteiger partial charge >= 0.3 is 4.87 Å². The normalized spacial score (nSPS) is 19.9. The molecule has 0 radical (unpaired) electrons. The van der Waals surface area contributed by atoms with Crippen LogP contribution in [0.2, 0.25) is 0 Å². The Morgan fingerprint density at radius 3 is 2.21 bits per heavy atom. The molecule has 7 nitrogen and oxygen atoms in total. The van der Waals surface area contributed by atoms with Gasteiger partial charge < -0.3 is 5.32 Å². The third-order valence-corrected chi connectivity index (χ3v) is 10.8. The lowest BCUT2D eigenvalue weighted by Gasteiger charge is -2.31. The van der Waals surface area contributed by atoms with Gasteiger partial charge in [0.15, 0.2) is 0 Å². The number of benzene rings is 3. The van der Waals surface area contributed by atoms with E-state index >= 15 is 0 Å². The van der Waals surface area contributed by atoms with E-state index in [2.05, 4.69) is 42.0 Å². The zero-order valence-electron chi connectivity index (χ0n) is 23.2. The van der Waals surface area contributed by atoms with Crippen LogP contribution in [0.5, 0.6) is 0 Å². The molecule has 2 aliphatic rings. The van der Waals surface area contributed by atoms with Gasteiger partial charge in [-0.2, -0.15) is 0 Å². The number of carbonyl (C=O) groups is 3. The van der Waals surface area contributed by atoms with Gasteiger partial charge in [0, 0.05) is 21.0 Å². The van der Waals surface area contributed by atoms with Crippen molar-refractivity contribution in [2.45, 2.75) is 48.9 Å². The molecule has 10 heteroatoms. The third kappa shape index (κ3) is 5.16. The average molecular weight is 663 g/mol. The quantitative estimate of drug-likeness (QED) is 0.250. The molecule has 1 aromatic heterocycles. The highest BCUT2D eigenvalue weighted by Gasteiger charge is 2.56. The van der Waals surface area contributed by atoms with Gasteiger partial charge in [0.05, 0.1) is 16.6 Å². The number of thioether (sulfide) groups is 1. The number of rotatable bonds is 5. The Kier molecular flexibility index (Phi) is 7.49. The van der Waals surface area contributed by atoms with Crippen molar-refractivity contribution in [2.75, 3.05) is 10.2 Å². The number of fused-ring (bicyclic) bond motifs is 2. The van der Waals surface area contributed by atoms with Crippen LogP contribution < -0.4 is 15.1 Å². The Hall–Kier alpha value is -3.47. The lowest BCUT2D eigenvalue weighted by Crippen LogP contribution is -2.33. The highest BCUT2D eigenvalue weighted by molar-refractivity contribution is 9.10. The monoisotopic (exact) mass is 661 g/mol. The summed E-state index contributed by atoms with van der Waals surface area (Å²) in [6.45, 7) is 6.21. The van der Waals surface area contributed by atoms with Gasteiger partial charge in [-0.1, -0.05) is 102 Å². The van der Waals surface area contributed by atoms with Crippen molar-refractivity contribution >= 4 is 68.1 Å². The second-order valence-electron chi connectivity index (χ2n) is 11.4. The fraction of sp³-hybridized carbons (Fsp3) is 0.250. The summed E-state index contributed by atoms with van der Waals surface area (Å²) in [4.78, 5) is 56.0. The third-order valence-electron chi connectivity index (χ3n) is 7.63. The second-order valence-corrected chi connectivity index (χ2v) is 14.5. The van der Waals surface area contributed by atoms with Crippen molar-refractivity contribution in [2.24, 2.45) is 5.92 Å². The van der Waals surface area contributed by atoms with Gasteiger partial charge in [0.2, 0.25) is 17.7 Å². The molecule has 4 aromatic rings. The molecule has 0 spiro atoms. The molecule has 6 rings (SSSR count). The van der Waals surface area contributed by atoms with Crippen molar-refractivity contribution in [3.05, 3.63) is 109 Å². The lowest BCUT2D eigenvalue weighted by atomic mass is 9.81. The Balaban J connectivity index is 1.43. The zero-order valence-corrected chi connectivity index (χ0v) is 26.4. The van der Waals surface area contributed by atoms with Crippen LogP contribution in [0.15, 0.2) is 93.2 Å². The first-order chi connectivity index (χ1) is 20.0. The molecule has 0 unspecified atom stereocenters. The Morgan fingerprint density at radius 1 is 0.905 bits per heavy atom. The molecule has 1 fully saturated rings. The minimum atomic E-state index is -0.738. The van der Waals surface area contributed by atoms with Crippen LogP contribution in [0.1, 0.15) is 42.7 Å². The smallest absolute Gasteiger partial charge is 0.308 e. The number of halogens is 1. The van der Waals surface area contributed by atoms with E-state index in [1.165, 1.54) is 21.2 Å². The molecular formula is C32H28BrN3O4S2. The van der Waals surface area contributed by atoms with Crippen LogP contribution in [-0.2, 0) is 26.3 Å². The van der Waals surface area contributed by atoms with Gasteiger partial charge in [-0.15, -0.1) is 0 Å². The van der Waals surface area contributed by atoms with E-state index in [0.717, 1.165) is 26.9 Å². The molecule has 3 amide bonds. The van der Waals surface area contributed by atoms with E-state index in [9.17, 15) is 19.2 Å². The maximum Gasteiger partial charge on any atom is 0.308 e. The fourth-order valence-electron chi connectivity index (χ4n) is 5.52. The van der Waals surface area contributed by atoms with Crippen molar-refractivity contribution in [1.29, 1.82) is 0 Å². The molecule has 1 saturated heterocycles. The molecule has 42 heavy (non-hydrogen) atoms. The standard InChI is InChI=1S/C32H28BrN3O4S2/c1-32(2,3)19-11-9-18(10-12-19)24-25-26(29(39)36(28(25)38)22-15-13-20(33)14-16-22)41-30-27(24)42-31(40)35(30)17-23(37)34-21-7-5-4-6-8-21/h4-16,24-26H,17H2,1-3H3,(H,34,37)/t24-,25-,26+/m0/s1. The molecule has 0 aliphatic carbocycles. The number of nitrogens with zero attached hydrogens (tertiary/aromatic N) is 2. The largest absolute Gasteiger partial charge is 0.325 e. The highest BCUT2D eigenvalue weighted by atomic mass is 79.9. The molecule has 0 bridgehead atoms.